The summed E-state index contributed by atoms with van der Waals surface area (Å²) in [6, 6.07) is 24.5. The van der Waals surface area contributed by atoms with Crippen LogP contribution in [-0.4, -0.2) is 18.5 Å². The van der Waals surface area contributed by atoms with Gasteiger partial charge in [0.2, 0.25) is 0 Å². The Morgan fingerprint density at radius 1 is 0.917 bits per heavy atom. The molecule has 3 aromatic carbocycles. The molecule has 36 heavy (non-hydrogen) atoms. The second-order valence-electron chi connectivity index (χ2n) is 9.09. The van der Waals surface area contributed by atoms with Crippen LogP contribution in [0.25, 0.3) is 11.3 Å². The van der Waals surface area contributed by atoms with E-state index >= 15 is 0 Å². The van der Waals surface area contributed by atoms with Crippen LogP contribution < -0.4 is 10.1 Å². The van der Waals surface area contributed by atoms with Crippen molar-refractivity contribution in [2.75, 3.05) is 11.9 Å². The van der Waals surface area contributed by atoms with Crippen LogP contribution in [0.5, 0.6) is 5.75 Å². The Bertz CT molecular complexity index is 1210. The Morgan fingerprint density at radius 3 is 2.36 bits per heavy atom. The fraction of sp³-hybridized carbons (Fsp3) is 0.290. The highest BCUT2D eigenvalue weighted by Gasteiger charge is 2.29. The fourth-order valence-corrected chi connectivity index (χ4v) is 4.31. The monoisotopic (exact) mass is 483 g/mol. The molecule has 1 aliphatic heterocycles. The Hall–Kier alpha value is -3.86. The van der Waals surface area contributed by atoms with Gasteiger partial charge in [-0.3, -0.25) is 9.59 Å². The highest BCUT2D eigenvalue weighted by Crippen LogP contribution is 2.37. The smallest absolute Gasteiger partial charge is 0.310 e. The molecule has 0 aliphatic carbocycles. The Morgan fingerprint density at radius 2 is 1.64 bits per heavy atom. The minimum atomic E-state index is -0.218. The summed E-state index contributed by atoms with van der Waals surface area (Å²) < 4.78 is 11.8. The summed E-state index contributed by atoms with van der Waals surface area (Å²) in [5.74, 6) is 1.08. The molecule has 0 saturated carbocycles. The van der Waals surface area contributed by atoms with E-state index in [2.05, 4.69) is 19.2 Å². The number of hydrogen-bond acceptors (Lipinski definition) is 4. The number of anilines is 1. The number of esters is 1. The number of amides is 1. The molecule has 1 unspecified atom stereocenters. The van der Waals surface area contributed by atoms with Crippen LogP contribution in [0.4, 0.5) is 5.69 Å². The Kier molecular flexibility index (Phi) is 8.56. The SMILES string of the molecule is CCCCC(CC)COC(=O)Cc1ccc(OC(=C2C(=O)Nc3ccccc32)c2ccccc2)cc1. The van der Waals surface area contributed by atoms with Gasteiger partial charge in [0.25, 0.3) is 5.91 Å². The van der Waals surface area contributed by atoms with Gasteiger partial charge >= 0.3 is 5.97 Å². The summed E-state index contributed by atoms with van der Waals surface area (Å²) >= 11 is 0. The molecule has 1 amide bonds. The molecule has 1 heterocycles. The zero-order valence-corrected chi connectivity index (χ0v) is 21.0. The lowest BCUT2D eigenvalue weighted by molar-refractivity contribution is -0.144. The number of benzene rings is 3. The molecule has 1 aliphatic rings. The molecule has 5 heteroatoms. The van der Waals surface area contributed by atoms with E-state index in [9.17, 15) is 9.59 Å². The highest BCUT2D eigenvalue weighted by atomic mass is 16.5. The van der Waals surface area contributed by atoms with Gasteiger partial charge in [0, 0.05) is 16.8 Å². The minimum Gasteiger partial charge on any atom is -0.465 e. The van der Waals surface area contributed by atoms with E-state index in [1.807, 2.05) is 78.9 Å². The summed E-state index contributed by atoms with van der Waals surface area (Å²) in [6.45, 7) is 4.79. The zero-order chi connectivity index (χ0) is 25.3. The fourth-order valence-electron chi connectivity index (χ4n) is 4.31. The van der Waals surface area contributed by atoms with Gasteiger partial charge in [-0.25, -0.2) is 0 Å². The molecule has 0 bridgehead atoms. The molecule has 0 radical (unpaired) electrons. The normalized spacial score (nSPS) is 14.6. The third-order valence-electron chi connectivity index (χ3n) is 6.45. The van der Waals surface area contributed by atoms with Crippen LogP contribution in [-0.2, 0) is 20.7 Å². The molecule has 0 aromatic heterocycles. The molecular weight excluding hydrogens is 450 g/mol. The van der Waals surface area contributed by atoms with Crippen LogP contribution in [0, 0.1) is 5.92 Å². The van der Waals surface area contributed by atoms with Gasteiger partial charge in [-0.15, -0.1) is 0 Å². The lowest BCUT2D eigenvalue weighted by Crippen LogP contribution is -2.15. The van der Waals surface area contributed by atoms with E-state index < -0.39 is 0 Å². The summed E-state index contributed by atoms with van der Waals surface area (Å²) in [5.41, 5.74) is 3.74. The van der Waals surface area contributed by atoms with Crippen molar-refractivity contribution >= 4 is 28.9 Å². The second-order valence-corrected chi connectivity index (χ2v) is 9.09. The summed E-state index contributed by atoms with van der Waals surface area (Å²) in [6.07, 6.45) is 4.63. The lowest BCUT2D eigenvalue weighted by atomic mass is 10.0. The summed E-state index contributed by atoms with van der Waals surface area (Å²) in [5, 5.41) is 2.92. The van der Waals surface area contributed by atoms with Crippen LogP contribution in [0.2, 0.25) is 0 Å². The first-order chi connectivity index (χ1) is 17.6. The average Bonchev–Trinajstić information content (AvgIpc) is 3.24. The summed E-state index contributed by atoms with van der Waals surface area (Å²) in [4.78, 5) is 25.3. The maximum Gasteiger partial charge on any atom is 0.310 e. The molecule has 186 valence electrons. The molecule has 5 nitrogen and oxygen atoms in total. The van der Waals surface area contributed by atoms with Gasteiger partial charge < -0.3 is 14.8 Å². The largest absolute Gasteiger partial charge is 0.465 e. The first kappa shape index (κ1) is 25.2. The lowest BCUT2D eigenvalue weighted by Gasteiger charge is -2.15. The van der Waals surface area contributed by atoms with Crippen molar-refractivity contribution in [3.8, 4) is 5.75 Å². The quantitative estimate of drug-likeness (QED) is 0.183. The van der Waals surface area contributed by atoms with Crippen molar-refractivity contribution in [2.45, 2.75) is 46.0 Å². The van der Waals surface area contributed by atoms with Crippen molar-refractivity contribution in [1.29, 1.82) is 0 Å². The van der Waals surface area contributed by atoms with Gasteiger partial charge in [-0.2, -0.15) is 0 Å². The highest BCUT2D eigenvalue weighted by molar-refractivity contribution is 6.36. The molecule has 0 spiro atoms. The average molecular weight is 484 g/mol. The van der Waals surface area contributed by atoms with Gasteiger partial charge in [0.05, 0.1) is 18.6 Å². The Labute approximate surface area is 213 Å². The predicted octanol–water partition coefficient (Wildman–Crippen LogP) is 6.89. The van der Waals surface area contributed by atoms with Gasteiger partial charge in [-0.05, 0) is 36.1 Å². The summed E-state index contributed by atoms with van der Waals surface area (Å²) in [7, 11) is 0. The Balaban J connectivity index is 1.49. The van der Waals surface area contributed by atoms with Crippen LogP contribution in [0.1, 0.15) is 56.2 Å². The maximum atomic E-state index is 12.9. The van der Waals surface area contributed by atoms with E-state index in [1.54, 1.807) is 0 Å². The number of carbonyl (C=O) groups is 2. The van der Waals surface area contributed by atoms with Crippen molar-refractivity contribution in [2.24, 2.45) is 5.92 Å². The maximum absolute atomic E-state index is 12.9. The number of fused-ring (bicyclic) bond motifs is 1. The van der Waals surface area contributed by atoms with E-state index in [1.165, 1.54) is 0 Å². The number of nitrogens with one attached hydrogen (secondary N) is 1. The molecule has 4 rings (SSSR count). The van der Waals surface area contributed by atoms with Crippen LogP contribution in [0.3, 0.4) is 0 Å². The topological polar surface area (TPSA) is 64.6 Å². The third kappa shape index (κ3) is 6.22. The van der Waals surface area contributed by atoms with Crippen LogP contribution >= 0.6 is 0 Å². The number of para-hydroxylation sites is 1. The van der Waals surface area contributed by atoms with Crippen molar-refractivity contribution in [1.82, 2.24) is 0 Å². The van der Waals surface area contributed by atoms with Crippen molar-refractivity contribution in [3.63, 3.8) is 0 Å². The number of carbonyl (C=O) groups excluding carboxylic acids is 2. The number of rotatable bonds is 11. The minimum absolute atomic E-state index is 0.196. The van der Waals surface area contributed by atoms with E-state index in [4.69, 9.17) is 9.47 Å². The first-order valence-electron chi connectivity index (χ1n) is 12.7. The molecular formula is C31H33NO4. The van der Waals surface area contributed by atoms with Gasteiger partial charge in [0.1, 0.15) is 11.5 Å². The molecule has 1 N–H and O–H groups in total. The molecule has 3 aromatic rings. The molecule has 0 saturated heterocycles. The zero-order valence-electron chi connectivity index (χ0n) is 21.0. The third-order valence-corrected chi connectivity index (χ3v) is 6.45. The number of unbranched alkanes of at least 4 members (excludes halogenated alkanes) is 1. The number of hydrogen-bond donors (Lipinski definition) is 1. The van der Waals surface area contributed by atoms with Crippen molar-refractivity contribution in [3.05, 3.63) is 95.6 Å². The van der Waals surface area contributed by atoms with Gasteiger partial charge in [0.15, 0.2) is 0 Å². The van der Waals surface area contributed by atoms with E-state index in [-0.39, 0.29) is 18.3 Å². The first-order valence-corrected chi connectivity index (χ1v) is 12.7. The van der Waals surface area contributed by atoms with Crippen molar-refractivity contribution < 1.29 is 19.1 Å². The predicted molar refractivity (Wildman–Crippen MR) is 143 cm³/mol. The standard InChI is InChI=1S/C31H33NO4/c1-3-5-11-22(4-2)21-35-28(33)20-23-16-18-25(19-17-23)36-30(24-12-7-6-8-13-24)29-26-14-9-10-15-27(26)32-31(29)34/h6-10,12-19,22H,3-5,11,20-21H2,1-2H3,(H,32,34). The van der Waals surface area contributed by atoms with Gasteiger partial charge in [-0.1, -0.05) is 93.8 Å². The van der Waals surface area contributed by atoms with Crippen LogP contribution in [0.15, 0.2) is 78.9 Å². The molecule has 0 fully saturated rings. The number of ether oxygens (including phenoxy) is 2. The molecule has 1 atom stereocenters. The second kappa shape index (κ2) is 12.2. The van der Waals surface area contributed by atoms with E-state index in [0.29, 0.717) is 29.6 Å². The van der Waals surface area contributed by atoms with E-state index in [0.717, 1.165) is 48.1 Å².